The molecule has 6 heteroatoms. The number of carbonyl (C=O) groups excluding carboxylic acids is 1. The van der Waals surface area contributed by atoms with Crippen LogP contribution >= 0.6 is 0 Å². The number of carbonyl (C=O) groups is 2. The molecule has 1 unspecified atom stereocenters. The molecule has 3 N–H and O–H groups in total. The molecule has 0 aromatic carbocycles. The predicted molar refractivity (Wildman–Crippen MR) is 80.2 cm³/mol. The first-order chi connectivity index (χ1) is 9.89. The van der Waals surface area contributed by atoms with Crippen molar-refractivity contribution < 1.29 is 19.4 Å². The molecular weight excluding hydrogens is 272 g/mol. The number of carboxylic acid groups (broad SMARTS) is 1. The van der Waals surface area contributed by atoms with Gasteiger partial charge in [0.2, 0.25) is 0 Å². The number of nitrogens with one attached hydrogen (secondary N) is 2. The van der Waals surface area contributed by atoms with E-state index in [2.05, 4.69) is 10.6 Å². The third-order valence-electron chi connectivity index (χ3n) is 3.97. The molecule has 0 aromatic rings. The minimum Gasteiger partial charge on any atom is -0.481 e. The number of rotatable bonds is 9. The van der Waals surface area contributed by atoms with E-state index in [1.165, 1.54) is 0 Å². The Balaban J connectivity index is 2.04. The molecule has 0 saturated carbocycles. The number of hydrogen-bond acceptors (Lipinski definition) is 3. The maximum Gasteiger partial charge on any atom is 0.314 e. The molecule has 0 aliphatic carbocycles. The fraction of sp³-hybridized carbons (Fsp3) is 0.867. The van der Waals surface area contributed by atoms with Crippen LogP contribution in [0.2, 0.25) is 0 Å². The lowest BCUT2D eigenvalue weighted by molar-refractivity contribution is -0.137. The molecule has 1 heterocycles. The Morgan fingerprint density at radius 1 is 1.24 bits per heavy atom. The van der Waals surface area contributed by atoms with E-state index in [0.29, 0.717) is 25.4 Å². The van der Waals surface area contributed by atoms with Crippen LogP contribution in [0.1, 0.15) is 46.0 Å². The van der Waals surface area contributed by atoms with Crippen LogP contribution in [-0.2, 0) is 9.53 Å². The summed E-state index contributed by atoms with van der Waals surface area (Å²) in [6.45, 7) is 6.92. The standard InChI is InChI=1S/C15H28N2O4/c1-15(2,6-3-13(18)19)7-9-17-14(20)16-8-4-12-5-10-21-11-12/h12H,3-11H2,1-2H3,(H,18,19)(H2,16,17,20). The monoisotopic (exact) mass is 300 g/mol. The van der Waals surface area contributed by atoms with Crippen LogP contribution in [-0.4, -0.2) is 43.4 Å². The summed E-state index contributed by atoms with van der Waals surface area (Å²) in [6.07, 6.45) is 3.60. The van der Waals surface area contributed by atoms with Crippen LogP contribution in [0, 0.1) is 11.3 Å². The van der Waals surface area contributed by atoms with Gasteiger partial charge in [-0.25, -0.2) is 4.79 Å². The van der Waals surface area contributed by atoms with Gasteiger partial charge in [0, 0.05) is 32.7 Å². The molecule has 0 aromatic heterocycles. The molecule has 2 amide bonds. The molecular formula is C15H28N2O4. The van der Waals surface area contributed by atoms with Crippen LogP contribution in [0.4, 0.5) is 4.79 Å². The number of hydrogen-bond donors (Lipinski definition) is 3. The van der Waals surface area contributed by atoms with Crippen LogP contribution in [0.3, 0.4) is 0 Å². The van der Waals surface area contributed by atoms with Gasteiger partial charge in [-0.3, -0.25) is 4.79 Å². The van der Waals surface area contributed by atoms with Crippen molar-refractivity contribution >= 4 is 12.0 Å². The summed E-state index contributed by atoms with van der Waals surface area (Å²) in [5, 5.41) is 14.4. The Morgan fingerprint density at radius 2 is 1.95 bits per heavy atom. The Bertz CT molecular complexity index is 339. The molecule has 1 aliphatic heterocycles. The summed E-state index contributed by atoms with van der Waals surface area (Å²) in [5.74, 6) is -0.204. The Labute approximate surface area is 126 Å². The van der Waals surface area contributed by atoms with E-state index in [-0.39, 0.29) is 17.9 Å². The average Bonchev–Trinajstić information content (AvgIpc) is 2.89. The van der Waals surface area contributed by atoms with Gasteiger partial charge >= 0.3 is 12.0 Å². The second kappa shape index (κ2) is 8.87. The van der Waals surface area contributed by atoms with E-state index < -0.39 is 5.97 Å². The van der Waals surface area contributed by atoms with Crippen molar-refractivity contribution in [1.29, 1.82) is 0 Å². The maximum absolute atomic E-state index is 11.6. The van der Waals surface area contributed by atoms with Crippen molar-refractivity contribution in [1.82, 2.24) is 10.6 Å². The van der Waals surface area contributed by atoms with E-state index in [9.17, 15) is 9.59 Å². The van der Waals surface area contributed by atoms with E-state index in [1.54, 1.807) is 0 Å². The van der Waals surface area contributed by atoms with Crippen LogP contribution in [0.5, 0.6) is 0 Å². The predicted octanol–water partition coefficient (Wildman–Crippen LogP) is 1.99. The van der Waals surface area contributed by atoms with E-state index in [4.69, 9.17) is 9.84 Å². The molecule has 0 radical (unpaired) electrons. The van der Waals surface area contributed by atoms with Crippen LogP contribution in [0.15, 0.2) is 0 Å². The second-order valence-electron chi connectivity index (χ2n) is 6.51. The molecule has 1 fully saturated rings. The molecule has 0 spiro atoms. The third-order valence-corrected chi connectivity index (χ3v) is 3.97. The topological polar surface area (TPSA) is 87.7 Å². The fourth-order valence-corrected chi connectivity index (χ4v) is 2.35. The molecule has 0 bridgehead atoms. The summed E-state index contributed by atoms with van der Waals surface area (Å²) in [4.78, 5) is 22.2. The molecule has 122 valence electrons. The van der Waals surface area contributed by atoms with Crippen molar-refractivity contribution in [2.45, 2.75) is 46.0 Å². The number of urea groups is 1. The van der Waals surface area contributed by atoms with Gasteiger partial charge < -0.3 is 20.5 Å². The van der Waals surface area contributed by atoms with Crippen LogP contribution < -0.4 is 10.6 Å². The quantitative estimate of drug-likeness (QED) is 0.607. The summed E-state index contributed by atoms with van der Waals surface area (Å²) in [6, 6.07) is -0.150. The summed E-state index contributed by atoms with van der Waals surface area (Å²) >= 11 is 0. The highest BCUT2D eigenvalue weighted by atomic mass is 16.5. The number of amides is 2. The van der Waals surface area contributed by atoms with Gasteiger partial charge in [0.1, 0.15) is 0 Å². The Hall–Kier alpha value is -1.30. The molecule has 1 atom stereocenters. The lowest BCUT2D eigenvalue weighted by Gasteiger charge is -2.23. The Kier molecular flexibility index (Phi) is 7.50. The van der Waals surface area contributed by atoms with Gasteiger partial charge in [-0.15, -0.1) is 0 Å². The number of ether oxygens (including phenoxy) is 1. The number of carboxylic acids is 1. The minimum absolute atomic E-state index is 0.0765. The van der Waals surface area contributed by atoms with E-state index in [1.807, 2.05) is 13.8 Å². The van der Waals surface area contributed by atoms with Gasteiger partial charge in [0.25, 0.3) is 0 Å². The minimum atomic E-state index is -0.773. The molecule has 1 saturated heterocycles. The highest BCUT2D eigenvalue weighted by molar-refractivity contribution is 5.73. The van der Waals surface area contributed by atoms with Gasteiger partial charge in [0.15, 0.2) is 0 Å². The molecule has 21 heavy (non-hydrogen) atoms. The van der Waals surface area contributed by atoms with Crippen molar-refractivity contribution in [3.63, 3.8) is 0 Å². The van der Waals surface area contributed by atoms with Crippen molar-refractivity contribution in [2.24, 2.45) is 11.3 Å². The normalized spacial score (nSPS) is 18.5. The van der Waals surface area contributed by atoms with E-state index >= 15 is 0 Å². The highest BCUT2D eigenvalue weighted by Gasteiger charge is 2.19. The highest BCUT2D eigenvalue weighted by Crippen LogP contribution is 2.25. The third kappa shape index (κ3) is 8.55. The first-order valence-corrected chi connectivity index (χ1v) is 7.70. The van der Waals surface area contributed by atoms with Crippen molar-refractivity contribution in [3.05, 3.63) is 0 Å². The fourth-order valence-electron chi connectivity index (χ4n) is 2.35. The maximum atomic E-state index is 11.6. The zero-order valence-electron chi connectivity index (χ0n) is 13.1. The van der Waals surface area contributed by atoms with Crippen LogP contribution in [0.25, 0.3) is 0 Å². The van der Waals surface area contributed by atoms with Gasteiger partial charge in [-0.2, -0.15) is 0 Å². The first-order valence-electron chi connectivity index (χ1n) is 7.70. The van der Waals surface area contributed by atoms with Gasteiger partial charge in [0.05, 0.1) is 0 Å². The number of aliphatic carboxylic acids is 1. The summed E-state index contributed by atoms with van der Waals surface area (Å²) in [7, 11) is 0. The summed E-state index contributed by atoms with van der Waals surface area (Å²) < 4.78 is 5.29. The van der Waals surface area contributed by atoms with Crippen molar-refractivity contribution in [3.8, 4) is 0 Å². The smallest absolute Gasteiger partial charge is 0.314 e. The second-order valence-corrected chi connectivity index (χ2v) is 6.51. The summed E-state index contributed by atoms with van der Waals surface area (Å²) in [5.41, 5.74) is -0.0765. The molecule has 1 aliphatic rings. The average molecular weight is 300 g/mol. The van der Waals surface area contributed by atoms with Gasteiger partial charge in [-0.1, -0.05) is 13.8 Å². The Morgan fingerprint density at radius 3 is 2.57 bits per heavy atom. The zero-order chi connectivity index (χ0) is 15.7. The van der Waals surface area contributed by atoms with Gasteiger partial charge in [-0.05, 0) is 37.0 Å². The molecule has 1 rings (SSSR count). The SMILES string of the molecule is CC(C)(CCNC(=O)NCCC1CCOC1)CCC(=O)O. The lowest BCUT2D eigenvalue weighted by atomic mass is 9.84. The zero-order valence-corrected chi connectivity index (χ0v) is 13.1. The largest absolute Gasteiger partial charge is 0.481 e. The van der Waals surface area contributed by atoms with E-state index in [0.717, 1.165) is 32.5 Å². The van der Waals surface area contributed by atoms with Crippen molar-refractivity contribution in [2.75, 3.05) is 26.3 Å². The molecule has 6 nitrogen and oxygen atoms in total. The first kappa shape index (κ1) is 17.8. The lowest BCUT2D eigenvalue weighted by Crippen LogP contribution is -2.38.